The lowest BCUT2D eigenvalue weighted by Gasteiger charge is -2.02. The molecular formula is C10H6BrClN2O4S. The van der Waals surface area contributed by atoms with E-state index in [0.29, 0.717) is 9.35 Å². The van der Waals surface area contributed by atoms with Crippen LogP contribution in [0.3, 0.4) is 0 Å². The fraction of sp³-hybridized carbons (Fsp3) is 0.100. The highest BCUT2D eigenvalue weighted by Crippen LogP contribution is 2.37. The highest BCUT2D eigenvalue weighted by atomic mass is 79.9. The lowest BCUT2D eigenvalue weighted by molar-refractivity contribution is -0.385. The van der Waals surface area contributed by atoms with Gasteiger partial charge in [-0.3, -0.25) is 10.1 Å². The largest absolute Gasteiger partial charge is 0.423 e. The molecule has 0 aliphatic rings. The Bertz CT molecular complexity index is 634. The minimum atomic E-state index is -0.553. The molecule has 0 amide bonds. The third kappa shape index (κ3) is 3.21. The van der Waals surface area contributed by atoms with Gasteiger partial charge < -0.3 is 9.84 Å². The van der Waals surface area contributed by atoms with Crippen LogP contribution < -0.4 is 4.74 Å². The molecule has 1 aromatic carbocycles. The van der Waals surface area contributed by atoms with Gasteiger partial charge in [0.15, 0.2) is 0 Å². The van der Waals surface area contributed by atoms with Gasteiger partial charge in [0, 0.05) is 10.5 Å². The van der Waals surface area contributed by atoms with Crippen molar-refractivity contribution in [3.05, 3.63) is 42.8 Å². The van der Waals surface area contributed by atoms with Crippen molar-refractivity contribution in [2.24, 2.45) is 0 Å². The van der Waals surface area contributed by atoms with Crippen LogP contribution in [0, 0.1) is 10.1 Å². The molecule has 1 heterocycles. The number of nitro groups is 1. The lowest BCUT2D eigenvalue weighted by atomic mass is 10.3. The molecule has 2 aromatic rings. The first kappa shape index (κ1) is 14.2. The number of hydrogen-bond acceptors (Lipinski definition) is 6. The van der Waals surface area contributed by atoms with Crippen LogP contribution in [-0.2, 0) is 6.61 Å². The normalized spacial score (nSPS) is 10.5. The maximum absolute atomic E-state index is 10.9. The number of aromatic nitrogens is 1. The third-order valence-electron chi connectivity index (χ3n) is 2.09. The standard InChI is InChI=1S/C10H6BrClN2O4S/c11-5-1-2-7(6(3-5)14(16)17)18-10-13-9(12)8(4-15)19-10/h1-3,15H,4H2. The number of halogens is 2. The Hall–Kier alpha value is -1.22. The topological polar surface area (TPSA) is 85.5 Å². The zero-order valence-electron chi connectivity index (χ0n) is 9.17. The van der Waals surface area contributed by atoms with Crippen molar-refractivity contribution in [2.75, 3.05) is 0 Å². The van der Waals surface area contributed by atoms with E-state index in [-0.39, 0.29) is 28.4 Å². The number of aliphatic hydroxyl groups excluding tert-OH is 1. The summed E-state index contributed by atoms with van der Waals surface area (Å²) in [7, 11) is 0. The molecule has 2 rings (SSSR count). The van der Waals surface area contributed by atoms with Crippen LogP contribution in [0.5, 0.6) is 10.9 Å². The molecule has 9 heteroatoms. The fourth-order valence-electron chi connectivity index (χ4n) is 1.27. The SMILES string of the molecule is O=[N+]([O-])c1cc(Br)ccc1Oc1nc(Cl)c(CO)s1. The van der Waals surface area contributed by atoms with Crippen LogP contribution in [0.25, 0.3) is 0 Å². The second-order valence-electron chi connectivity index (χ2n) is 3.32. The van der Waals surface area contributed by atoms with Crippen molar-refractivity contribution in [1.82, 2.24) is 4.98 Å². The zero-order chi connectivity index (χ0) is 14.0. The molecule has 1 N–H and O–H groups in total. The van der Waals surface area contributed by atoms with Gasteiger partial charge in [-0.05, 0) is 12.1 Å². The number of rotatable bonds is 4. The van der Waals surface area contributed by atoms with Crippen LogP contribution >= 0.6 is 38.9 Å². The Labute approximate surface area is 124 Å². The Morgan fingerprint density at radius 3 is 2.89 bits per heavy atom. The van der Waals surface area contributed by atoms with Gasteiger partial charge in [0.2, 0.25) is 5.75 Å². The molecule has 0 spiro atoms. The molecule has 19 heavy (non-hydrogen) atoms. The van der Waals surface area contributed by atoms with E-state index in [2.05, 4.69) is 20.9 Å². The Morgan fingerprint density at radius 2 is 2.32 bits per heavy atom. The predicted molar refractivity (Wildman–Crippen MR) is 73.9 cm³/mol. The van der Waals surface area contributed by atoms with Crippen molar-refractivity contribution in [3.63, 3.8) is 0 Å². The Kier molecular flexibility index (Phi) is 4.35. The van der Waals surface area contributed by atoms with Crippen LogP contribution in [0.15, 0.2) is 22.7 Å². The minimum absolute atomic E-state index is 0.0584. The summed E-state index contributed by atoms with van der Waals surface area (Å²) >= 11 is 9.94. The van der Waals surface area contributed by atoms with Crippen molar-refractivity contribution < 1.29 is 14.8 Å². The molecule has 100 valence electrons. The van der Waals surface area contributed by atoms with E-state index in [1.807, 2.05) is 0 Å². The van der Waals surface area contributed by atoms with Crippen LogP contribution in [0.2, 0.25) is 5.15 Å². The maximum Gasteiger partial charge on any atom is 0.312 e. The molecule has 1 aromatic heterocycles. The van der Waals surface area contributed by atoms with E-state index in [1.54, 1.807) is 6.07 Å². The van der Waals surface area contributed by atoms with E-state index >= 15 is 0 Å². The molecule has 0 saturated carbocycles. The third-order valence-corrected chi connectivity index (χ3v) is 3.92. The summed E-state index contributed by atoms with van der Waals surface area (Å²) in [6.07, 6.45) is 0. The lowest BCUT2D eigenvalue weighted by Crippen LogP contribution is -1.93. The first-order valence-electron chi connectivity index (χ1n) is 4.89. The predicted octanol–water partition coefficient (Wildman–Crippen LogP) is 3.75. The van der Waals surface area contributed by atoms with Gasteiger partial charge in [-0.25, -0.2) is 0 Å². The van der Waals surface area contributed by atoms with Crippen LogP contribution in [-0.4, -0.2) is 15.0 Å². The molecule has 0 radical (unpaired) electrons. The summed E-state index contributed by atoms with van der Waals surface area (Å²) in [5.74, 6) is 0.0584. The molecule has 0 bridgehead atoms. The summed E-state index contributed by atoms with van der Waals surface area (Å²) in [5, 5.41) is 20.2. The monoisotopic (exact) mass is 364 g/mol. The smallest absolute Gasteiger partial charge is 0.312 e. The zero-order valence-corrected chi connectivity index (χ0v) is 12.3. The van der Waals surface area contributed by atoms with Gasteiger partial charge >= 0.3 is 5.69 Å². The van der Waals surface area contributed by atoms with Crippen molar-refractivity contribution in [1.29, 1.82) is 0 Å². The number of nitro benzene ring substituents is 1. The van der Waals surface area contributed by atoms with Crippen molar-refractivity contribution >= 4 is 44.6 Å². The van der Waals surface area contributed by atoms with Crippen LogP contribution in [0.1, 0.15) is 4.88 Å². The maximum atomic E-state index is 10.9. The van der Waals surface area contributed by atoms with E-state index < -0.39 is 4.92 Å². The summed E-state index contributed by atoms with van der Waals surface area (Å²) < 4.78 is 5.91. The Balaban J connectivity index is 2.34. The number of hydrogen-bond donors (Lipinski definition) is 1. The summed E-state index contributed by atoms with van der Waals surface area (Å²) in [6.45, 7) is -0.262. The summed E-state index contributed by atoms with van der Waals surface area (Å²) in [5.41, 5.74) is -0.189. The molecule has 0 saturated heterocycles. The van der Waals surface area contributed by atoms with E-state index in [4.69, 9.17) is 21.4 Å². The number of thiazole rings is 1. The highest BCUT2D eigenvalue weighted by Gasteiger charge is 2.18. The number of aliphatic hydroxyl groups is 1. The van der Waals surface area contributed by atoms with Gasteiger partial charge in [-0.15, -0.1) is 0 Å². The average Bonchev–Trinajstić information content (AvgIpc) is 2.71. The van der Waals surface area contributed by atoms with Crippen LogP contribution in [0.4, 0.5) is 5.69 Å². The molecule has 0 unspecified atom stereocenters. The second-order valence-corrected chi connectivity index (χ2v) is 5.64. The second kappa shape index (κ2) is 5.83. The summed E-state index contributed by atoms with van der Waals surface area (Å²) in [4.78, 5) is 14.7. The van der Waals surface area contributed by atoms with Gasteiger partial charge in [0.1, 0.15) is 5.15 Å². The molecule has 0 aliphatic heterocycles. The van der Waals surface area contributed by atoms with E-state index in [9.17, 15) is 10.1 Å². The van der Waals surface area contributed by atoms with Crippen molar-refractivity contribution in [2.45, 2.75) is 6.61 Å². The first-order chi connectivity index (χ1) is 9.01. The highest BCUT2D eigenvalue weighted by molar-refractivity contribution is 9.10. The first-order valence-corrected chi connectivity index (χ1v) is 6.88. The minimum Gasteiger partial charge on any atom is -0.423 e. The van der Waals surface area contributed by atoms with E-state index in [1.165, 1.54) is 12.1 Å². The van der Waals surface area contributed by atoms with Gasteiger partial charge in [0.25, 0.3) is 5.19 Å². The summed E-state index contributed by atoms with van der Waals surface area (Å²) in [6, 6.07) is 4.40. The number of benzene rings is 1. The quantitative estimate of drug-likeness (QED) is 0.659. The molecule has 6 nitrogen and oxygen atoms in total. The molecule has 0 fully saturated rings. The molecule has 0 atom stereocenters. The van der Waals surface area contributed by atoms with Gasteiger partial charge in [0.05, 0.1) is 16.4 Å². The number of nitrogens with zero attached hydrogens (tertiary/aromatic N) is 2. The van der Waals surface area contributed by atoms with Gasteiger partial charge in [-0.1, -0.05) is 38.9 Å². The molecular weight excluding hydrogens is 360 g/mol. The molecule has 0 aliphatic carbocycles. The van der Waals surface area contributed by atoms with Gasteiger partial charge in [-0.2, -0.15) is 4.98 Å². The average molecular weight is 366 g/mol. The van der Waals surface area contributed by atoms with Crippen molar-refractivity contribution in [3.8, 4) is 10.9 Å². The fourth-order valence-corrected chi connectivity index (χ4v) is 2.59. The van der Waals surface area contributed by atoms with E-state index in [0.717, 1.165) is 11.3 Å². The Morgan fingerprint density at radius 1 is 1.58 bits per heavy atom. The number of ether oxygens (including phenoxy) is 1.